The molecule has 0 radical (unpaired) electrons. The number of anilines is 1. The summed E-state index contributed by atoms with van der Waals surface area (Å²) in [6.07, 6.45) is 4.39. The third kappa shape index (κ3) is 3.78. The summed E-state index contributed by atoms with van der Waals surface area (Å²) in [5.74, 6) is 5.47. The maximum absolute atomic E-state index is 13.3. The molecular formula is C23H21N3O3. The number of fused-ring (bicyclic) bond motifs is 1. The van der Waals surface area contributed by atoms with Crippen LogP contribution in [0.1, 0.15) is 42.6 Å². The van der Waals surface area contributed by atoms with Gasteiger partial charge in [-0.25, -0.2) is 4.98 Å². The van der Waals surface area contributed by atoms with Gasteiger partial charge >= 0.3 is 0 Å². The lowest BCUT2D eigenvalue weighted by Gasteiger charge is -2.27. The van der Waals surface area contributed by atoms with Gasteiger partial charge in [-0.1, -0.05) is 17.9 Å². The first-order valence-corrected chi connectivity index (χ1v) is 9.53. The van der Waals surface area contributed by atoms with Crippen molar-refractivity contribution in [3.05, 3.63) is 70.1 Å². The molecule has 0 aliphatic heterocycles. The Morgan fingerprint density at radius 3 is 2.79 bits per heavy atom. The minimum Gasteiger partial charge on any atom is -0.378 e. The van der Waals surface area contributed by atoms with Crippen LogP contribution in [0.2, 0.25) is 0 Å². The van der Waals surface area contributed by atoms with E-state index >= 15 is 0 Å². The zero-order chi connectivity index (χ0) is 20.6. The topological polar surface area (TPSA) is 86.3 Å². The lowest BCUT2D eigenvalue weighted by Crippen LogP contribution is -2.39. The van der Waals surface area contributed by atoms with Gasteiger partial charge in [0.25, 0.3) is 5.91 Å². The van der Waals surface area contributed by atoms with Crippen LogP contribution in [0.5, 0.6) is 0 Å². The highest BCUT2D eigenvalue weighted by atomic mass is 16.3. The highest BCUT2D eigenvalue weighted by molar-refractivity contribution is 6.07. The Labute approximate surface area is 168 Å². The number of carbonyl (C=O) groups is 1. The number of hydrogen-bond acceptors (Lipinski definition) is 4. The minimum atomic E-state index is -0.865. The fraction of sp³-hybridized carbons (Fsp3) is 0.261. The van der Waals surface area contributed by atoms with Crippen molar-refractivity contribution < 1.29 is 9.90 Å². The van der Waals surface area contributed by atoms with E-state index in [1.54, 1.807) is 29.3 Å². The van der Waals surface area contributed by atoms with Crippen LogP contribution in [0.15, 0.2) is 53.6 Å². The van der Waals surface area contributed by atoms with Crippen molar-refractivity contribution in [2.45, 2.75) is 38.3 Å². The van der Waals surface area contributed by atoms with Crippen molar-refractivity contribution in [2.24, 2.45) is 0 Å². The number of rotatable bonds is 3. The second-order valence-electron chi connectivity index (χ2n) is 7.53. The summed E-state index contributed by atoms with van der Waals surface area (Å²) in [6, 6.07) is 10.4. The van der Waals surface area contributed by atoms with E-state index in [-0.39, 0.29) is 17.0 Å². The van der Waals surface area contributed by atoms with Gasteiger partial charge in [0.1, 0.15) is 16.8 Å². The van der Waals surface area contributed by atoms with Crippen molar-refractivity contribution in [3.63, 3.8) is 0 Å². The average Bonchev–Trinajstić information content (AvgIpc) is 3.45. The molecule has 2 heterocycles. The molecule has 29 heavy (non-hydrogen) atoms. The largest absolute Gasteiger partial charge is 0.378 e. The molecule has 146 valence electrons. The number of aliphatic hydroxyl groups is 1. The van der Waals surface area contributed by atoms with Gasteiger partial charge in [0.05, 0.1) is 5.39 Å². The van der Waals surface area contributed by atoms with Gasteiger partial charge in [-0.15, -0.1) is 0 Å². The SMILES string of the molecule is CC(C)N(C(=O)c1c[nH]c2ncccc2c1=O)c1cccc(C#CC2(O)CC2)c1. The van der Waals surface area contributed by atoms with Crippen molar-refractivity contribution >= 4 is 22.6 Å². The number of nitrogens with zero attached hydrogens (tertiary/aromatic N) is 2. The van der Waals surface area contributed by atoms with E-state index in [1.165, 1.54) is 6.20 Å². The number of aromatic amines is 1. The van der Waals surface area contributed by atoms with E-state index in [9.17, 15) is 14.7 Å². The summed E-state index contributed by atoms with van der Waals surface area (Å²) in [5, 5.41) is 10.3. The van der Waals surface area contributed by atoms with Gasteiger partial charge in [-0.05, 0) is 57.0 Å². The lowest BCUT2D eigenvalue weighted by atomic mass is 10.1. The molecule has 2 N–H and O–H groups in total. The summed E-state index contributed by atoms with van der Waals surface area (Å²) < 4.78 is 0. The van der Waals surface area contributed by atoms with Gasteiger partial charge in [0.2, 0.25) is 5.43 Å². The highest BCUT2D eigenvalue weighted by Gasteiger charge is 2.38. The monoisotopic (exact) mass is 387 g/mol. The van der Waals surface area contributed by atoms with E-state index in [0.29, 0.717) is 35.1 Å². The van der Waals surface area contributed by atoms with E-state index in [0.717, 1.165) is 0 Å². The number of carbonyl (C=O) groups excluding carboxylic acids is 1. The summed E-state index contributed by atoms with van der Waals surface area (Å²) in [6.45, 7) is 3.78. The van der Waals surface area contributed by atoms with Crippen molar-refractivity contribution in [3.8, 4) is 11.8 Å². The first-order valence-electron chi connectivity index (χ1n) is 9.53. The second kappa shape index (κ2) is 7.19. The first-order chi connectivity index (χ1) is 13.9. The molecule has 0 unspecified atom stereocenters. The van der Waals surface area contributed by atoms with Gasteiger partial charge in [0.15, 0.2) is 0 Å². The number of amides is 1. The maximum atomic E-state index is 13.3. The quantitative estimate of drug-likeness (QED) is 0.677. The van der Waals surface area contributed by atoms with Crippen LogP contribution in [-0.2, 0) is 0 Å². The van der Waals surface area contributed by atoms with Crippen molar-refractivity contribution in [2.75, 3.05) is 4.90 Å². The number of hydrogen-bond donors (Lipinski definition) is 2. The number of H-pyrrole nitrogens is 1. The van der Waals surface area contributed by atoms with Gasteiger partial charge in [0, 0.05) is 29.7 Å². The molecule has 1 fully saturated rings. The van der Waals surface area contributed by atoms with Gasteiger partial charge in [-0.2, -0.15) is 0 Å². The number of aromatic nitrogens is 2. The van der Waals surface area contributed by atoms with Crippen LogP contribution in [0.3, 0.4) is 0 Å². The van der Waals surface area contributed by atoms with E-state index < -0.39 is 11.5 Å². The maximum Gasteiger partial charge on any atom is 0.263 e. The molecule has 1 amide bonds. The second-order valence-corrected chi connectivity index (χ2v) is 7.53. The first kappa shape index (κ1) is 18.9. The van der Waals surface area contributed by atoms with Gasteiger partial charge < -0.3 is 15.0 Å². The molecule has 6 nitrogen and oxygen atoms in total. The molecule has 2 aromatic heterocycles. The van der Waals surface area contributed by atoms with Crippen LogP contribution >= 0.6 is 0 Å². The van der Waals surface area contributed by atoms with Crippen LogP contribution in [0.4, 0.5) is 5.69 Å². The molecule has 4 rings (SSSR count). The Hall–Kier alpha value is -3.43. The molecule has 1 aliphatic rings. The molecule has 0 atom stereocenters. The van der Waals surface area contributed by atoms with E-state index in [1.807, 2.05) is 32.0 Å². The Morgan fingerprint density at radius 1 is 1.28 bits per heavy atom. The Bertz CT molecular complexity index is 1210. The zero-order valence-corrected chi connectivity index (χ0v) is 16.3. The van der Waals surface area contributed by atoms with Crippen LogP contribution in [0, 0.1) is 11.8 Å². The van der Waals surface area contributed by atoms with Crippen molar-refractivity contribution in [1.29, 1.82) is 0 Å². The Morgan fingerprint density at radius 2 is 2.07 bits per heavy atom. The summed E-state index contributed by atoms with van der Waals surface area (Å²) in [4.78, 5) is 34.8. The number of nitrogens with one attached hydrogen (secondary N) is 1. The predicted octanol–water partition coefficient (Wildman–Crippen LogP) is 2.85. The van der Waals surface area contributed by atoms with Crippen LogP contribution in [-0.4, -0.2) is 32.6 Å². The molecule has 1 aliphatic carbocycles. The molecule has 0 saturated heterocycles. The van der Waals surface area contributed by atoms with Crippen LogP contribution in [0.25, 0.3) is 11.0 Å². The van der Waals surface area contributed by atoms with E-state index in [4.69, 9.17) is 0 Å². The highest BCUT2D eigenvalue weighted by Crippen LogP contribution is 2.34. The molecule has 1 saturated carbocycles. The molecule has 0 spiro atoms. The summed E-state index contributed by atoms with van der Waals surface area (Å²) >= 11 is 0. The smallest absolute Gasteiger partial charge is 0.263 e. The Balaban J connectivity index is 1.73. The predicted molar refractivity (Wildman–Crippen MR) is 112 cm³/mol. The molecule has 1 aromatic carbocycles. The number of benzene rings is 1. The lowest BCUT2D eigenvalue weighted by molar-refractivity contribution is 0.0979. The standard InChI is InChI=1S/C23H21N3O3/c1-15(2)26(17-6-3-5-16(13-17)8-9-23(29)10-11-23)22(28)19-14-25-21-18(20(19)27)7-4-12-24-21/h3-7,12-15,29H,10-11H2,1-2H3,(H,24,25,27). The van der Waals surface area contributed by atoms with Crippen LogP contribution < -0.4 is 10.3 Å². The normalized spacial score (nSPS) is 14.3. The van der Waals surface area contributed by atoms with E-state index in [2.05, 4.69) is 21.8 Å². The third-order valence-corrected chi connectivity index (χ3v) is 4.90. The fourth-order valence-corrected chi connectivity index (χ4v) is 3.16. The summed E-state index contributed by atoms with van der Waals surface area (Å²) in [7, 11) is 0. The fourth-order valence-electron chi connectivity index (χ4n) is 3.16. The molecule has 6 heteroatoms. The average molecular weight is 387 g/mol. The molecule has 0 bridgehead atoms. The zero-order valence-electron chi connectivity index (χ0n) is 16.3. The van der Waals surface area contributed by atoms with Gasteiger partial charge in [-0.3, -0.25) is 9.59 Å². The summed E-state index contributed by atoms with van der Waals surface area (Å²) in [5.41, 5.74) is 0.636. The minimum absolute atomic E-state index is 0.0583. The van der Waals surface area contributed by atoms with Crippen molar-refractivity contribution in [1.82, 2.24) is 9.97 Å². The number of pyridine rings is 2. The third-order valence-electron chi connectivity index (χ3n) is 4.90. The Kier molecular flexibility index (Phi) is 4.69. The molecular weight excluding hydrogens is 366 g/mol. The molecule has 3 aromatic rings.